The van der Waals surface area contributed by atoms with Crippen molar-refractivity contribution in [2.75, 3.05) is 26.2 Å². The molecule has 4 bridgehead atoms. The summed E-state index contributed by atoms with van der Waals surface area (Å²) < 4.78 is 0. The van der Waals surface area contributed by atoms with Gasteiger partial charge in [-0.3, -0.25) is 14.4 Å². The Morgan fingerprint density at radius 3 is 2.79 bits per heavy atom. The Morgan fingerprint density at radius 1 is 1.17 bits per heavy atom. The molecule has 2 atom stereocenters. The van der Waals surface area contributed by atoms with Crippen molar-refractivity contribution in [1.82, 2.24) is 25.5 Å². The third kappa shape index (κ3) is 7.20. The molecule has 1 spiro atoms. The minimum atomic E-state index is -0.356. The van der Waals surface area contributed by atoms with Crippen LogP contribution in [-0.2, 0) is 9.59 Å². The van der Waals surface area contributed by atoms with Gasteiger partial charge in [0.15, 0.2) is 5.69 Å². The van der Waals surface area contributed by atoms with Crippen LogP contribution in [0.15, 0.2) is 30.3 Å². The van der Waals surface area contributed by atoms with Crippen LogP contribution in [0.1, 0.15) is 112 Å². The largest absolute Gasteiger partial charge is 0.351 e. The average Bonchev–Trinajstić information content (AvgIpc) is 3.51. The topological polar surface area (TPSA) is 107 Å². The molecule has 0 radical (unpaired) electrons. The molecule has 2 amide bonds. The van der Waals surface area contributed by atoms with Crippen LogP contribution in [0.3, 0.4) is 0 Å². The lowest BCUT2D eigenvalue weighted by molar-refractivity contribution is -0.124. The molecule has 3 heterocycles. The summed E-state index contributed by atoms with van der Waals surface area (Å²) in [5.74, 6) is 0.828. The fraction of sp³-hybridized carbons (Fsp3) is 0.588. The van der Waals surface area contributed by atoms with Gasteiger partial charge in [0, 0.05) is 30.9 Å². The Balaban J connectivity index is 1.39. The van der Waals surface area contributed by atoms with Crippen molar-refractivity contribution in [2.24, 2.45) is 11.3 Å². The number of nitrogens with one attached hydrogen (secondary N) is 3. The zero-order valence-corrected chi connectivity index (χ0v) is 25.3. The van der Waals surface area contributed by atoms with Crippen molar-refractivity contribution in [3.05, 3.63) is 47.3 Å². The summed E-state index contributed by atoms with van der Waals surface area (Å²) in [7, 11) is 0. The maximum atomic E-state index is 13.7. The van der Waals surface area contributed by atoms with E-state index >= 15 is 0 Å². The fourth-order valence-corrected chi connectivity index (χ4v) is 6.63. The van der Waals surface area contributed by atoms with Crippen molar-refractivity contribution >= 4 is 23.7 Å². The highest BCUT2D eigenvalue weighted by Crippen LogP contribution is 2.59. The highest BCUT2D eigenvalue weighted by Gasteiger charge is 2.58. The minimum absolute atomic E-state index is 0.0298. The number of imidazole rings is 1. The Labute approximate surface area is 250 Å². The molecule has 3 aliphatic rings. The number of likely N-dealkylation sites (tertiary alicyclic amines) is 1. The first-order valence-corrected chi connectivity index (χ1v) is 16.1. The van der Waals surface area contributed by atoms with Crippen molar-refractivity contribution < 1.29 is 14.4 Å². The number of piperidine rings is 1. The Bertz CT molecular complexity index is 1290. The number of ketones is 1. The molecule has 1 aromatic carbocycles. The van der Waals surface area contributed by atoms with E-state index in [9.17, 15) is 14.4 Å². The highest BCUT2D eigenvalue weighted by molar-refractivity contribution is 5.94. The van der Waals surface area contributed by atoms with Crippen LogP contribution in [0.25, 0.3) is 17.5 Å². The molecule has 2 aromatic rings. The molecule has 1 saturated carbocycles. The zero-order valence-electron chi connectivity index (χ0n) is 25.3. The highest BCUT2D eigenvalue weighted by atomic mass is 16.2. The molecule has 1 aromatic heterocycles. The first-order chi connectivity index (χ1) is 20.4. The number of carbonyl (C=O) groups is 3. The van der Waals surface area contributed by atoms with Crippen molar-refractivity contribution in [3.63, 3.8) is 0 Å². The molecule has 3 N–H and O–H groups in total. The number of aromatic nitrogens is 2. The van der Waals surface area contributed by atoms with E-state index in [4.69, 9.17) is 4.98 Å². The van der Waals surface area contributed by atoms with E-state index in [-0.39, 0.29) is 35.0 Å². The van der Waals surface area contributed by atoms with Gasteiger partial charge in [0.05, 0.1) is 11.7 Å². The third-order valence-corrected chi connectivity index (χ3v) is 9.56. The van der Waals surface area contributed by atoms with Crippen LogP contribution in [0.2, 0.25) is 0 Å². The van der Waals surface area contributed by atoms with Gasteiger partial charge in [0.2, 0.25) is 5.91 Å². The number of rotatable bonds is 11. The Hall–Kier alpha value is -3.26. The summed E-state index contributed by atoms with van der Waals surface area (Å²) in [6, 6.07) is 7.79. The molecular formula is C34H47N5O3. The van der Waals surface area contributed by atoms with Gasteiger partial charge >= 0.3 is 0 Å². The number of nitrogens with zero attached hydrogens (tertiary/aromatic N) is 2. The van der Waals surface area contributed by atoms with E-state index in [0.717, 1.165) is 82.1 Å². The summed E-state index contributed by atoms with van der Waals surface area (Å²) >= 11 is 0. The molecular weight excluding hydrogens is 526 g/mol. The summed E-state index contributed by atoms with van der Waals surface area (Å²) in [6.45, 7) is 7.84. The molecule has 2 fully saturated rings. The van der Waals surface area contributed by atoms with Gasteiger partial charge in [-0.05, 0) is 81.6 Å². The van der Waals surface area contributed by atoms with Crippen molar-refractivity contribution in [3.8, 4) is 11.4 Å². The monoisotopic (exact) mass is 573 g/mol. The average molecular weight is 574 g/mol. The number of aromatic amines is 1. The van der Waals surface area contributed by atoms with Gasteiger partial charge in [-0.2, -0.15) is 0 Å². The first kappa shape index (κ1) is 30.2. The Morgan fingerprint density at radius 2 is 2.00 bits per heavy atom. The van der Waals surface area contributed by atoms with E-state index in [1.807, 2.05) is 19.1 Å². The standard InChI is InChI=1S/C34H47N5O3/c1-3-26(40)15-8-5-9-16-28(36-32(41)27-23-34(27)17-20-39(4-2)21-18-34)29-30-33(42)35-19-10-6-7-12-24-13-11-14-25(22-24)31(37-29)38-30/h7,11-14,22,27-28H,3-6,8-10,15-21,23H2,1-2H3,(H,35,42)(H,36,41)(H,37,38)/b12-7+/t27-,28?/m1/s1. The smallest absolute Gasteiger partial charge is 0.271 e. The van der Waals surface area contributed by atoms with Gasteiger partial charge in [-0.15, -0.1) is 0 Å². The lowest BCUT2D eigenvalue weighted by Gasteiger charge is -2.32. The van der Waals surface area contributed by atoms with Crippen LogP contribution >= 0.6 is 0 Å². The minimum Gasteiger partial charge on any atom is -0.351 e. The number of H-pyrrole nitrogens is 1. The molecule has 226 valence electrons. The molecule has 8 nitrogen and oxygen atoms in total. The number of amides is 2. The quantitative estimate of drug-likeness (QED) is 0.294. The second kappa shape index (κ2) is 13.8. The van der Waals surface area contributed by atoms with Gasteiger partial charge in [-0.25, -0.2) is 4.98 Å². The maximum absolute atomic E-state index is 13.7. The van der Waals surface area contributed by atoms with Crippen LogP contribution in [0, 0.1) is 11.3 Å². The zero-order chi connectivity index (χ0) is 29.5. The van der Waals surface area contributed by atoms with E-state index in [1.165, 1.54) is 0 Å². The van der Waals surface area contributed by atoms with E-state index in [1.54, 1.807) is 0 Å². The van der Waals surface area contributed by atoms with Crippen molar-refractivity contribution in [1.29, 1.82) is 0 Å². The van der Waals surface area contributed by atoms with Gasteiger partial charge in [-0.1, -0.05) is 57.0 Å². The number of fused-ring (bicyclic) bond motifs is 5. The van der Waals surface area contributed by atoms with E-state index in [0.29, 0.717) is 43.0 Å². The number of allylic oxidation sites excluding steroid dienone is 1. The predicted octanol–water partition coefficient (Wildman–Crippen LogP) is 5.82. The SMILES string of the molecule is CCC(=O)CCCCCC(NC(=O)[C@H]1CC12CCN(CC)CC2)c1[nH]c2nc1C(=O)NCCC/C=C/c1cccc-2c1. The number of hydrogen-bond acceptors (Lipinski definition) is 5. The molecule has 5 rings (SSSR count). The molecule has 42 heavy (non-hydrogen) atoms. The van der Waals surface area contributed by atoms with Gasteiger partial charge in [0.25, 0.3) is 5.91 Å². The maximum Gasteiger partial charge on any atom is 0.271 e. The van der Waals surface area contributed by atoms with E-state index in [2.05, 4.69) is 51.7 Å². The first-order valence-electron chi connectivity index (χ1n) is 16.1. The van der Waals surface area contributed by atoms with Gasteiger partial charge in [0.1, 0.15) is 11.6 Å². The van der Waals surface area contributed by atoms with Crippen LogP contribution in [0.4, 0.5) is 0 Å². The predicted molar refractivity (Wildman–Crippen MR) is 166 cm³/mol. The number of carbonyl (C=O) groups excluding carboxylic acids is 3. The number of hydrogen-bond donors (Lipinski definition) is 3. The fourth-order valence-electron chi connectivity index (χ4n) is 6.63. The summed E-state index contributed by atoms with van der Waals surface area (Å²) in [5, 5.41) is 6.42. The molecule has 2 aliphatic heterocycles. The summed E-state index contributed by atoms with van der Waals surface area (Å²) in [4.78, 5) is 49.7. The lowest BCUT2D eigenvalue weighted by atomic mass is 9.90. The number of Topliss-reactive ketones (excluding diaryl/α,β-unsaturated/α-hetero) is 1. The number of unbranched alkanes of at least 4 members (excludes halogenated alkanes) is 2. The molecule has 1 aliphatic carbocycles. The van der Waals surface area contributed by atoms with E-state index < -0.39 is 0 Å². The summed E-state index contributed by atoms with van der Waals surface area (Å²) in [5.41, 5.74) is 3.15. The normalized spacial score (nSPS) is 21.4. The van der Waals surface area contributed by atoms with Gasteiger partial charge < -0.3 is 20.5 Å². The summed E-state index contributed by atoms with van der Waals surface area (Å²) in [6.07, 6.45) is 13.5. The molecule has 1 saturated heterocycles. The van der Waals surface area contributed by atoms with Crippen LogP contribution in [-0.4, -0.2) is 58.6 Å². The van der Waals surface area contributed by atoms with Crippen LogP contribution in [0.5, 0.6) is 0 Å². The third-order valence-electron chi connectivity index (χ3n) is 9.56. The lowest BCUT2D eigenvalue weighted by Crippen LogP contribution is -2.38. The Kier molecular flexibility index (Phi) is 9.93. The second-order valence-electron chi connectivity index (χ2n) is 12.4. The second-order valence-corrected chi connectivity index (χ2v) is 12.4. The molecule has 1 unspecified atom stereocenters. The molecule has 8 heteroatoms. The number of benzene rings is 1. The van der Waals surface area contributed by atoms with Crippen LogP contribution < -0.4 is 10.6 Å². The van der Waals surface area contributed by atoms with Crippen molar-refractivity contribution in [2.45, 2.75) is 90.5 Å².